The zero-order valence-corrected chi connectivity index (χ0v) is 14.9. The summed E-state index contributed by atoms with van der Waals surface area (Å²) in [4.78, 5) is 13.3. The number of nitrogens with zero attached hydrogens (tertiary/aromatic N) is 2. The van der Waals surface area contributed by atoms with Crippen LogP contribution in [0.25, 0.3) is 0 Å². The third-order valence-electron chi connectivity index (χ3n) is 6.76. The van der Waals surface area contributed by atoms with Gasteiger partial charge < -0.3 is 5.32 Å². The average molecular weight is 315 g/mol. The monoisotopic (exact) mass is 315 g/mol. The summed E-state index contributed by atoms with van der Waals surface area (Å²) >= 11 is 0. The molecule has 23 heavy (non-hydrogen) atoms. The van der Waals surface area contributed by atoms with Crippen LogP contribution < -0.4 is 5.32 Å². The van der Waals surface area contributed by atoms with E-state index in [0.717, 1.165) is 43.1 Å². The molecule has 4 heteroatoms. The van der Waals surface area contributed by atoms with Crippen LogP contribution in [-0.2, 0) is 11.3 Å². The standard InChI is InChI=1S/C19H29N3O/c1-5-22-13(2)15(9-20-22)21-16(23)19-8-14-6-17(3,11-19)10-18(4,7-14)12-19/h9,14H,5-8,10-12H2,1-4H3,(H,21,23)/t14?,17-,18-,19?/m0/s1. The topological polar surface area (TPSA) is 46.9 Å². The molecule has 4 fully saturated rings. The molecule has 0 saturated heterocycles. The van der Waals surface area contributed by atoms with Crippen LogP contribution in [0.3, 0.4) is 0 Å². The summed E-state index contributed by atoms with van der Waals surface area (Å²) in [6.45, 7) is 9.78. The Labute approximate surface area is 139 Å². The molecule has 1 N–H and O–H groups in total. The van der Waals surface area contributed by atoms with Crippen molar-refractivity contribution in [3.05, 3.63) is 11.9 Å². The minimum absolute atomic E-state index is 0.149. The average Bonchev–Trinajstić information content (AvgIpc) is 2.75. The molecule has 0 aromatic carbocycles. The fourth-order valence-electron chi connectivity index (χ4n) is 6.84. The first kappa shape index (κ1) is 15.2. The summed E-state index contributed by atoms with van der Waals surface area (Å²) in [5.41, 5.74) is 2.54. The Balaban J connectivity index is 1.62. The van der Waals surface area contributed by atoms with Crippen molar-refractivity contribution in [2.45, 2.75) is 72.8 Å². The number of hydrogen-bond acceptors (Lipinski definition) is 2. The van der Waals surface area contributed by atoms with E-state index in [2.05, 4.69) is 31.2 Å². The molecule has 4 saturated carbocycles. The van der Waals surface area contributed by atoms with E-state index in [1.807, 2.05) is 11.6 Å². The molecule has 4 bridgehead atoms. The van der Waals surface area contributed by atoms with E-state index >= 15 is 0 Å². The maximum absolute atomic E-state index is 13.3. The number of amides is 1. The molecule has 0 aliphatic heterocycles. The third-order valence-corrected chi connectivity index (χ3v) is 6.76. The molecule has 2 atom stereocenters. The summed E-state index contributed by atoms with van der Waals surface area (Å²) < 4.78 is 1.94. The summed E-state index contributed by atoms with van der Waals surface area (Å²) in [6.07, 6.45) is 8.98. The molecule has 1 aromatic rings. The van der Waals surface area contributed by atoms with Crippen molar-refractivity contribution in [1.29, 1.82) is 0 Å². The van der Waals surface area contributed by atoms with Crippen molar-refractivity contribution in [2.24, 2.45) is 22.2 Å². The fraction of sp³-hybridized carbons (Fsp3) is 0.789. The lowest BCUT2D eigenvalue weighted by molar-refractivity contribution is -0.165. The molecule has 1 heterocycles. The SMILES string of the molecule is CCn1ncc(NC(=O)C23CC4C[C@](C)(C2)C[C@](C)(C4)C3)c1C. The number of carbonyl (C=O) groups excluding carboxylic acids is 1. The summed E-state index contributed by atoms with van der Waals surface area (Å²) in [6, 6.07) is 0. The Bertz CT molecular complexity index is 644. The first-order valence-corrected chi connectivity index (χ1v) is 9.10. The number of carbonyl (C=O) groups is 1. The van der Waals surface area contributed by atoms with Gasteiger partial charge in [-0.2, -0.15) is 5.10 Å². The lowest BCUT2D eigenvalue weighted by Gasteiger charge is -2.64. The predicted octanol–water partition coefficient (Wildman–Crippen LogP) is 4.15. The second kappa shape index (κ2) is 4.61. The molecular weight excluding hydrogens is 286 g/mol. The molecule has 0 spiro atoms. The predicted molar refractivity (Wildman–Crippen MR) is 91.1 cm³/mol. The number of anilines is 1. The molecule has 0 radical (unpaired) electrons. The van der Waals surface area contributed by atoms with Gasteiger partial charge in [-0.1, -0.05) is 13.8 Å². The molecule has 4 aliphatic carbocycles. The highest BCUT2D eigenvalue weighted by atomic mass is 16.2. The smallest absolute Gasteiger partial charge is 0.230 e. The van der Waals surface area contributed by atoms with Gasteiger partial charge in [0.05, 0.1) is 23.0 Å². The minimum Gasteiger partial charge on any atom is -0.323 e. The Morgan fingerprint density at radius 1 is 1.26 bits per heavy atom. The number of rotatable bonds is 3. The normalized spacial score (nSPS) is 41.3. The van der Waals surface area contributed by atoms with E-state index < -0.39 is 0 Å². The van der Waals surface area contributed by atoms with E-state index in [1.54, 1.807) is 6.20 Å². The van der Waals surface area contributed by atoms with Gasteiger partial charge in [0, 0.05) is 6.54 Å². The van der Waals surface area contributed by atoms with Crippen LogP contribution in [-0.4, -0.2) is 15.7 Å². The van der Waals surface area contributed by atoms with Crippen molar-refractivity contribution in [2.75, 3.05) is 5.32 Å². The van der Waals surface area contributed by atoms with E-state index in [0.29, 0.717) is 10.8 Å². The molecular formula is C19H29N3O. The second-order valence-corrected chi connectivity index (χ2v) is 9.32. The first-order chi connectivity index (χ1) is 10.8. The van der Waals surface area contributed by atoms with Gasteiger partial charge in [0.15, 0.2) is 0 Å². The van der Waals surface area contributed by atoms with Gasteiger partial charge in [0.1, 0.15) is 0 Å². The van der Waals surface area contributed by atoms with Gasteiger partial charge in [-0.3, -0.25) is 9.48 Å². The molecule has 0 unspecified atom stereocenters. The van der Waals surface area contributed by atoms with Gasteiger partial charge in [-0.15, -0.1) is 0 Å². The van der Waals surface area contributed by atoms with Crippen LogP contribution in [0, 0.1) is 29.1 Å². The molecule has 4 nitrogen and oxygen atoms in total. The van der Waals surface area contributed by atoms with E-state index in [4.69, 9.17) is 0 Å². The van der Waals surface area contributed by atoms with Crippen molar-refractivity contribution in [3.63, 3.8) is 0 Å². The van der Waals surface area contributed by atoms with Gasteiger partial charge in [0.2, 0.25) is 5.91 Å². The Hall–Kier alpha value is -1.32. The zero-order valence-electron chi connectivity index (χ0n) is 14.9. The number of nitrogens with one attached hydrogen (secondary N) is 1. The quantitative estimate of drug-likeness (QED) is 0.911. The van der Waals surface area contributed by atoms with Crippen LogP contribution in [0.1, 0.15) is 65.0 Å². The van der Waals surface area contributed by atoms with Crippen molar-refractivity contribution >= 4 is 11.6 Å². The lowest BCUT2D eigenvalue weighted by atomic mass is 9.40. The zero-order chi connectivity index (χ0) is 16.5. The van der Waals surface area contributed by atoms with Crippen LogP contribution in [0.4, 0.5) is 5.69 Å². The van der Waals surface area contributed by atoms with Crippen molar-refractivity contribution in [1.82, 2.24) is 9.78 Å². The summed E-state index contributed by atoms with van der Waals surface area (Å²) in [5.74, 6) is 0.990. The molecule has 5 rings (SSSR count). The third kappa shape index (κ3) is 2.25. The van der Waals surface area contributed by atoms with E-state index in [1.165, 1.54) is 19.3 Å². The summed E-state index contributed by atoms with van der Waals surface area (Å²) in [7, 11) is 0. The van der Waals surface area contributed by atoms with E-state index in [-0.39, 0.29) is 11.3 Å². The maximum Gasteiger partial charge on any atom is 0.230 e. The highest BCUT2D eigenvalue weighted by molar-refractivity contribution is 5.96. The van der Waals surface area contributed by atoms with Gasteiger partial charge in [-0.25, -0.2) is 0 Å². The lowest BCUT2D eigenvalue weighted by Crippen LogP contribution is -2.58. The highest BCUT2D eigenvalue weighted by Gasteiger charge is 2.62. The fourth-order valence-corrected chi connectivity index (χ4v) is 6.84. The van der Waals surface area contributed by atoms with E-state index in [9.17, 15) is 4.79 Å². The molecule has 126 valence electrons. The number of hydrogen-bond donors (Lipinski definition) is 1. The number of aromatic nitrogens is 2. The van der Waals surface area contributed by atoms with Crippen molar-refractivity contribution in [3.8, 4) is 0 Å². The Morgan fingerprint density at radius 2 is 1.91 bits per heavy atom. The largest absolute Gasteiger partial charge is 0.323 e. The van der Waals surface area contributed by atoms with Gasteiger partial charge in [-0.05, 0) is 69.1 Å². The Morgan fingerprint density at radius 3 is 2.43 bits per heavy atom. The second-order valence-electron chi connectivity index (χ2n) is 9.32. The molecule has 1 aromatic heterocycles. The minimum atomic E-state index is -0.149. The highest BCUT2D eigenvalue weighted by Crippen LogP contribution is 2.69. The molecule has 4 aliphatic rings. The van der Waals surface area contributed by atoms with Crippen LogP contribution in [0.15, 0.2) is 6.20 Å². The van der Waals surface area contributed by atoms with Gasteiger partial charge in [0.25, 0.3) is 0 Å². The van der Waals surface area contributed by atoms with Crippen LogP contribution in [0.5, 0.6) is 0 Å². The first-order valence-electron chi connectivity index (χ1n) is 9.10. The summed E-state index contributed by atoms with van der Waals surface area (Å²) in [5, 5.41) is 7.60. The van der Waals surface area contributed by atoms with Gasteiger partial charge >= 0.3 is 0 Å². The maximum atomic E-state index is 13.3. The Kier molecular flexibility index (Phi) is 3.05. The number of aryl methyl sites for hydroxylation is 1. The molecule has 1 amide bonds. The van der Waals surface area contributed by atoms with Crippen LogP contribution in [0.2, 0.25) is 0 Å². The van der Waals surface area contributed by atoms with Crippen molar-refractivity contribution < 1.29 is 4.79 Å². The van der Waals surface area contributed by atoms with Crippen LogP contribution >= 0.6 is 0 Å².